The van der Waals surface area contributed by atoms with E-state index in [1.807, 2.05) is 44.2 Å². The average Bonchev–Trinajstić information content (AvgIpc) is 3.56. The third-order valence-electron chi connectivity index (χ3n) is 19.8. The Kier molecular flexibility index (Phi) is 12.9. The molecule has 0 bridgehead atoms. The summed E-state index contributed by atoms with van der Waals surface area (Å²) in [5.41, 5.74) is 1.68. The van der Waals surface area contributed by atoms with E-state index in [2.05, 4.69) is 59.1 Å². The maximum absolute atomic E-state index is 14.2. The summed E-state index contributed by atoms with van der Waals surface area (Å²) in [5, 5.41) is 6.60. The quantitative estimate of drug-likeness (QED) is 0.203. The molecular weight excluding hydrogens is 860 g/mol. The standard InChI is InChI=1S/C57H77ClN2O7/c1-34(2)45-41(61)32-57(29-30-59-50(65)53(7,8)60-47(62)36-17-19-37(58)20-18-36)28-27-55(10)38(46(45)57)21-22-43-54(9)25-24-44(52(5,6)42(54)23-26-56(43,55)11)67-49(64)40-31-39(51(40,3)4)48(63)66-33-35-15-13-12-14-16-35/h12-20,34,38-40,42-44H,21-33H2,1-11H3,(H,59,65)(H,60,62)/t38-,39+,40-,42+,43-,44+,54+,55-,56-,57-/m1/s1. The zero-order valence-corrected chi connectivity index (χ0v) is 42.9. The molecule has 9 nitrogen and oxygen atoms in total. The molecule has 2 amide bonds. The average molecular weight is 938 g/mol. The summed E-state index contributed by atoms with van der Waals surface area (Å²) >= 11 is 6.03. The van der Waals surface area contributed by atoms with Crippen molar-refractivity contribution in [2.45, 2.75) is 165 Å². The number of benzene rings is 2. The second-order valence-electron chi connectivity index (χ2n) is 24.6. The lowest BCUT2D eigenvalue weighted by molar-refractivity contribution is -0.236. The van der Waals surface area contributed by atoms with E-state index in [0.717, 1.165) is 62.5 Å². The summed E-state index contributed by atoms with van der Waals surface area (Å²) in [7, 11) is 0. The van der Waals surface area contributed by atoms with Gasteiger partial charge in [-0.3, -0.25) is 24.0 Å². The molecule has 6 aliphatic carbocycles. The Bertz CT molecular complexity index is 2320. The van der Waals surface area contributed by atoms with Gasteiger partial charge >= 0.3 is 11.9 Å². The first-order valence-corrected chi connectivity index (χ1v) is 25.8. The molecule has 5 saturated carbocycles. The highest BCUT2D eigenvalue weighted by Gasteiger charge is 2.70. The van der Waals surface area contributed by atoms with E-state index in [1.54, 1.807) is 38.1 Å². The van der Waals surface area contributed by atoms with Gasteiger partial charge in [-0.2, -0.15) is 0 Å². The maximum atomic E-state index is 14.2. The van der Waals surface area contributed by atoms with Crippen LogP contribution in [-0.4, -0.2) is 47.7 Å². The second kappa shape index (κ2) is 17.5. The summed E-state index contributed by atoms with van der Waals surface area (Å²) in [5.74, 6) is -0.172. The van der Waals surface area contributed by atoms with E-state index >= 15 is 0 Å². The maximum Gasteiger partial charge on any atom is 0.309 e. The van der Waals surface area contributed by atoms with Gasteiger partial charge in [0.05, 0.1) is 11.8 Å². The molecule has 2 aromatic rings. The molecule has 0 unspecified atom stereocenters. The fourth-order valence-corrected chi connectivity index (χ4v) is 15.8. The van der Waals surface area contributed by atoms with Crippen molar-refractivity contribution < 1.29 is 33.4 Å². The number of nitrogens with one attached hydrogen (secondary N) is 2. The van der Waals surface area contributed by atoms with Crippen LogP contribution in [0.2, 0.25) is 5.02 Å². The third kappa shape index (κ3) is 8.20. The van der Waals surface area contributed by atoms with Gasteiger partial charge < -0.3 is 20.1 Å². The number of hydrogen-bond donors (Lipinski definition) is 2. The van der Waals surface area contributed by atoms with Gasteiger partial charge in [-0.25, -0.2) is 0 Å². The van der Waals surface area contributed by atoms with Crippen LogP contribution in [0.25, 0.3) is 0 Å². The van der Waals surface area contributed by atoms with Crippen molar-refractivity contribution in [1.82, 2.24) is 10.6 Å². The van der Waals surface area contributed by atoms with Crippen molar-refractivity contribution >= 4 is 41.1 Å². The van der Waals surface area contributed by atoms with Crippen molar-refractivity contribution in [2.24, 2.45) is 68.0 Å². The molecule has 2 aromatic carbocycles. The topological polar surface area (TPSA) is 128 Å². The number of carbonyl (C=O) groups is 5. The molecule has 6 aliphatic rings. The summed E-state index contributed by atoms with van der Waals surface area (Å²) in [4.78, 5) is 68.3. The molecule has 67 heavy (non-hydrogen) atoms. The highest BCUT2D eigenvalue weighted by atomic mass is 35.5. The number of amides is 2. The van der Waals surface area contributed by atoms with Crippen molar-refractivity contribution in [3.05, 3.63) is 81.9 Å². The predicted molar refractivity (Wildman–Crippen MR) is 262 cm³/mol. The number of hydrogen-bond acceptors (Lipinski definition) is 7. The number of ketones is 1. The first kappa shape index (κ1) is 49.4. The van der Waals surface area contributed by atoms with E-state index in [0.29, 0.717) is 48.2 Å². The Morgan fingerprint density at radius 1 is 0.776 bits per heavy atom. The Balaban J connectivity index is 0.943. The number of fused-ring (bicyclic) bond motifs is 7. The molecule has 8 rings (SSSR count). The minimum Gasteiger partial charge on any atom is -0.462 e. The van der Waals surface area contributed by atoms with Crippen LogP contribution in [0.5, 0.6) is 0 Å². The van der Waals surface area contributed by atoms with Crippen LogP contribution in [0.15, 0.2) is 65.7 Å². The fourth-order valence-electron chi connectivity index (χ4n) is 15.7. The zero-order valence-electron chi connectivity index (χ0n) is 42.2. The Morgan fingerprint density at radius 3 is 2.10 bits per heavy atom. The largest absolute Gasteiger partial charge is 0.462 e. The second-order valence-corrected chi connectivity index (χ2v) is 25.0. The summed E-state index contributed by atoms with van der Waals surface area (Å²) in [6.45, 7) is 24.8. The number of halogens is 1. The van der Waals surface area contributed by atoms with Crippen LogP contribution in [0, 0.1) is 68.0 Å². The van der Waals surface area contributed by atoms with Gasteiger partial charge in [0, 0.05) is 34.4 Å². The van der Waals surface area contributed by atoms with Crippen molar-refractivity contribution in [3.63, 3.8) is 0 Å². The third-order valence-corrected chi connectivity index (χ3v) is 20.1. The van der Waals surface area contributed by atoms with E-state index in [1.165, 1.54) is 5.57 Å². The molecule has 0 aliphatic heterocycles. The van der Waals surface area contributed by atoms with E-state index < -0.39 is 11.0 Å². The smallest absolute Gasteiger partial charge is 0.309 e. The Labute approximate surface area is 405 Å². The van der Waals surface area contributed by atoms with Gasteiger partial charge in [-0.15, -0.1) is 0 Å². The van der Waals surface area contributed by atoms with Gasteiger partial charge in [0.1, 0.15) is 18.2 Å². The normalized spacial score (nSPS) is 35.0. The summed E-state index contributed by atoms with van der Waals surface area (Å²) in [6.07, 6.45) is 9.51. The monoisotopic (exact) mass is 937 g/mol. The molecule has 364 valence electrons. The summed E-state index contributed by atoms with van der Waals surface area (Å²) in [6, 6.07) is 16.3. The first-order chi connectivity index (χ1) is 31.3. The van der Waals surface area contributed by atoms with Gasteiger partial charge in [0.15, 0.2) is 5.78 Å². The highest BCUT2D eigenvalue weighted by molar-refractivity contribution is 6.30. The molecular formula is C57H77ClN2O7. The number of carbonyl (C=O) groups excluding carboxylic acids is 5. The first-order valence-electron chi connectivity index (χ1n) is 25.4. The number of esters is 2. The van der Waals surface area contributed by atoms with Crippen LogP contribution in [0.1, 0.15) is 163 Å². The number of Topliss-reactive ketones (excluding diaryl/α,β-unsaturated/α-hetero) is 1. The van der Waals surface area contributed by atoms with E-state index in [-0.39, 0.29) is 93.0 Å². The minimum absolute atomic E-state index is 0.00722. The van der Waals surface area contributed by atoms with E-state index in [9.17, 15) is 24.0 Å². The molecule has 5 fully saturated rings. The van der Waals surface area contributed by atoms with Crippen molar-refractivity contribution in [2.75, 3.05) is 6.54 Å². The number of allylic oxidation sites excluding steroid dienone is 2. The molecule has 0 radical (unpaired) electrons. The van der Waals surface area contributed by atoms with Gasteiger partial charge in [-0.1, -0.05) is 110 Å². The van der Waals surface area contributed by atoms with E-state index in [4.69, 9.17) is 21.1 Å². The molecule has 0 saturated heterocycles. The molecule has 2 N–H and O–H groups in total. The lowest BCUT2D eigenvalue weighted by atomic mass is 9.33. The highest BCUT2D eigenvalue weighted by Crippen LogP contribution is 2.77. The molecule has 10 heteroatoms. The lowest BCUT2D eigenvalue weighted by Gasteiger charge is -2.72. The van der Waals surface area contributed by atoms with Crippen LogP contribution < -0.4 is 10.6 Å². The van der Waals surface area contributed by atoms with Crippen molar-refractivity contribution in [1.29, 1.82) is 0 Å². The lowest BCUT2D eigenvalue weighted by Crippen LogP contribution is -2.66. The molecule has 0 heterocycles. The zero-order chi connectivity index (χ0) is 48.7. The van der Waals surface area contributed by atoms with Crippen LogP contribution in [0.3, 0.4) is 0 Å². The van der Waals surface area contributed by atoms with Crippen LogP contribution in [-0.2, 0) is 35.3 Å². The summed E-state index contributed by atoms with van der Waals surface area (Å²) < 4.78 is 12.3. The predicted octanol–water partition coefficient (Wildman–Crippen LogP) is 11.7. The molecule has 0 aromatic heterocycles. The number of ether oxygens (including phenoxy) is 2. The SMILES string of the molecule is CC(C)C1=C2[C@H]3CC[C@@H]4[C@@]5(C)CC[C@H](OC(=O)[C@H]6C[C@@H](C(=O)OCc7ccccc7)C6(C)C)C(C)(C)[C@@H]5CC[C@@]4(C)[C@]3(C)CC[C@@]2(CCNC(=O)C(C)(C)NC(=O)c2ccc(Cl)cc2)CC1=O. The van der Waals surface area contributed by atoms with Crippen LogP contribution in [0.4, 0.5) is 0 Å². The van der Waals surface area contributed by atoms with Crippen molar-refractivity contribution in [3.8, 4) is 0 Å². The number of rotatable bonds is 12. The van der Waals surface area contributed by atoms with Crippen LogP contribution >= 0.6 is 11.6 Å². The van der Waals surface area contributed by atoms with Gasteiger partial charge in [-0.05, 0) is 159 Å². The van der Waals surface area contributed by atoms with Gasteiger partial charge in [0.25, 0.3) is 5.91 Å². The molecule has 10 atom stereocenters. The fraction of sp³-hybridized carbons (Fsp3) is 0.667. The Hall–Kier alpha value is -3.98. The minimum atomic E-state index is -1.15. The van der Waals surface area contributed by atoms with Gasteiger partial charge in [0.2, 0.25) is 5.91 Å². The Morgan fingerprint density at radius 2 is 1.45 bits per heavy atom. The molecule has 0 spiro atoms.